The number of aromatic nitrogens is 3. The number of nitrogens with zero attached hydrogens (tertiary/aromatic N) is 3. The smallest absolute Gasteiger partial charge is 0.340 e. The van der Waals surface area contributed by atoms with Crippen molar-refractivity contribution < 1.29 is 19.4 Å². The largest absolute Gasteiger partial charge is 0.491 e. The molecule has 6 aromatic rings. The summed E-state index contributed by atoms with van der Waals surface area (Å²) >= 11 is 0. The molecule has 0 aliphatic carbocycles. The van der Waals surface area contributed by atoms with Gasteiger partial charge >= 0.3 is 5.97 Å². The molecule has 44 heavy (non-hydrogen) atoms. The lowest BCUT2D eigenvalue weighted by Gasteiger charge is -2.16. The second-order valence-corrected chi connectivity index (χ2v) is 10.7. The number of fused-ring (bicyclic) bond motifs is 1. The van der Waals surface area contributed by atoms with E-state index in [0.29, 0.717) is 24.4 Å². The van der Waals surface area contributed by atoms with Gasteiger partial charge in [-0.2, -0.15) is 0 Å². The molecular formula is C37H35N3O4. The Kier molecular flexibility index (Phi) is 8.57. The topological polar surface area (TPSA) is 78.5 Å². The third kappa shape index (κ3) is 6.00. The summed E-state index contributed by atoms with van der Waals surface area (Å²) < 4.78 is 15.6. The molecule has 2 aromatic heterocycles. The zero-order valence-electron chi connectivity index (χ0n) is 24.9. The average Bonchev–Trinajstić information content (AvgIpc) is 3.59. The molecule has 0 bridgehead atoms. The fourth-order valence-corrected chi connectivity index (χ4v) is 5.68. The summed E-state index contributed by atoms with van der Waals surface area (Å²) in [6.45, 7) is 5.03. The van der Waals surface area contributed by atoms with E-state index >= 15 is 0 Å². The van der Waals surface area contributed by atoms with E-state index in [1.807, 2.05) is 109 Å². The molecule has 0 aliphatic heterocycles. The third-order valence-corrected chi connectivity index (χ3v) is 7.74. The summed E-state index contributed by atoms with van der Waals surface area (Å²) in [7, 11) is 0. The van der Waals surface area contributed by atoms with Crippen molar-refractivity contribution >= 4 is 16.9 Å². The number of carbonyl (C=O) groups is 1. The Morgan fingerprint density at radius 3 is 2.23 bits per heavy atom. The molecule has 1 atom stereocenters. The number of imidazole rings is 1. The lowest BCUT2D eigenvalue weighted by molar-refractivity contribution is 0.0527. The number of benzene rings is 4. The van der Waals surface area contributed by atoms with E-state index in [2.05, 4.69) is 16.7 Å². The van der Waals surface area contributed by atoms with E-state index in [4.69, 9.17) is 14.5 Å². The molecule has 0 fully saturated rings. The highest BCUT2D eigenvalue weighted by Crippen LogP contribution is 2.33. The highest BCUT2D eigenvalue weighted by Gasteiger charge is 2.22. The van der Waals surface area contributed by atoms with Crippen molar-refractivity contribution in [3.8, 4) is 28.3 Å². The minimum absolute atomic E-state index is 0.0665. The molecule has 0 unspecified atom stereocenters. The molecule has 0 radical (unpaired) electrons. The number of carbonyl (C=O) groups excluding carboxylic acids is 1. The van der Waals surface area contributed by atoms with Gasteiger partial charge in [-0.3, -0.25) is 0 Å². The molecule has 0 amide bonds. The van der Waals surface area contributed by atoms with E-state index in [1.165, 1.54) is 0 Å². The number of aliphatic hydroxyl groups excluding tert-OH is 1. The zero-order valence-corrected chi connectivity index (χ0v) is 24.9. The lowest BCUT2D eigenvalue weighted by Crippen LogP contribution is -2.23. The van der Waals surface area contributed by atoms with Gasteiger partial charge in [-0.1, -0.05) is 91.0 Å². The number of rotatable bonds is 11. The van der Waals surface area contributed by atoms with Gasteiger partial charge in [0.1, 0.15) is 18.5 Å². The van der Waals surface area contributed by atoms with Crippen LogP contribution in [0.4, 0.5) is 0 Å². The van der Waals surface area contributed by atoms with Gasteiger partial charge in [0.05, 0.1) is 36.4 Å². The maximum atomic E-state index is 13.1. The van der Waals surface area contributed by atoms with E-state index in [-0.39, 0.29) is 19.2 Å². The SMILES string of the molecule is CCOC(=O)c1c(C)n(Cc2ccccc2)c2ccc(OC[C@H](O)Cn3cnc(-c4ccccc4)c3-c3ccccc3)cc12. The van der Waals surface area contributed by atoms with Gasteiger partial charge in [0, 0.05) is 34.3 Å². The van der Waals surface area contributed by atoms with Gasteiger partial charge < -0.3 is 23.7 Å². The summed E-state index contributed by atoms with van der Waals surface area (Å²) in [6, 6.07) is 36.0. The second kappa shape index (κ2) is 13.0. The maximum absolute atomic E-state index is 13.1. The monoisotopic (exact) mass is 585 g/mol. The van der Waals surface area contributed by atoms with Gasteiger partial charge in [-0.05, 0) is 37.6 Å². The van der Waals surface area contributed by atoms with Crippen LogP contribution in [0, 0.1) is 6.92 Å². The Balaban J connectivity index is 1.25. The van der Waals surface area contributed by atoms with Crippen LogP contribution in [0.1, 0.15) is 28.5 Å². The Bertz CT molecular complexity index is 1860. The van der Waals surface area contributed by atoms with E-state index in [1.54, 1.807) is 13.3 Å². The second-order valence-electron chi connectivity index (χ2n) is 10.7. The fourth-order valence-electron chi connectivity index (χ4n) is 5.68. The van der Waals surface area contributed by atoms with Crippen LogP contribution in [0.3, 0.4) is 0 Å². The Morgan fingerprint density at radius 2 is 1.55 bits per heavy atom. The molecule has 0 saturated carbocycles. The molecule has 7 nitrogen and oxygen atoms in total. The van der Waals surface area contributed by atoms with Crippen LogP contribution < -0.4 is 4.74 Å². The first-order valence-electron chi connectivity index (χ1n) is 14.8. The minimum Gasteiger partial charge on any atom is -0.491 e. The van der Waals surface area contributed by atoms with Crippen molar-refractivity contribution in [2.24, 2.45) is 0 Å². The normalized spacial score (nSPS) is 11.9. The first-order chi connectivity index (χ1) is 21.5. The highest BCUT2D eigenvalue weighted by atomic mass is 16.5. The molecule has 2 heterocycles. The van der Waals surface area contributed by atoms with Gasteiger partial charge in [0.25, 0.3) is 0 Å². The molecule has 7 heteroatoms. The van der Waals surface area contributed by atoms with Gasteiger partial charge in [-0.15, -0.1) is 0 Å². The van der Waals surface area contributed by atoms with Gasteiger partial charge in [0.15, 0.2) is 0 Å². The lowest BCUT2D eigenvalue weighted by atomic mass is 10.0. The van der Waals surface area contributed by atoms with Crippen LogP contribution in [-0.2, 0) is 17.8 Å². The minimum atomic E-state index is -0.806. The Labute approximate surface area is 257 Å². The molecule has 4 aromatic carbocycles. The average molecular weight is 586 g/mol. The van der Waals surface area contributed by atoms with Crippen LogP contribution in [-0.4, -0.2) is 44.5 Å². The van der Waals surface area contributed by atoms with Crippen LogP contribution in [0.15, 0.2) is 116 Å². The van der Waals surface area contributed by atoms with Crippen molar-refractivity contribution in [3.05, 3.63) is 132 Å². The zero-order chi connectivity index (χ0) is 30.5. The highest BCUT2D eigenvalue weighted by molar-refractivity contribution is 6.06. The first-order valence-corrected chi connectivity index (χ1v) is 14.8. The summed E-state index contributed by atoms with van der Waals surface area (Å²) in [6.07, 6.45) is 0.962. The molecule has 0 aliphatic rings. The maximum Gasteiger partial charge on any atom is 0.340 e. The van der Waals surface area contributed by atoms with Crippen molar-refractivity contribution in [1.82, 2.24) is 14.1 Å². The Morgan fingerprint density at radius 1 is 0.886 bits per heavy atom. The number of hydrogen-bond donors (Lipinski definition) is 1. The molecule has 1 N–H and O–H groups in total. The van der Waals surface area contributed by atoms with Crippen molar-refractivity contribution in [1.29, 1.82) is 0 Å². The van der Waals surface area contributed by atoms with E-state index in [0.717, 1.165) is 44.7 Å². The molecule has 0 spiro atoms. The van der Waals surface area contributed by atoms with Crippen LogP contribution >= 0.6 is 0 Å². The number of hydrogen-bond acceptors (Lipinski definition) is 5. The standard InChI is InChI=1S/C37H35N3O4/c1-3-43-37(42)34-26(2)40(22-27-13-7-4-8-14-27)33-20-19-31(21-32(33)34)44-24-30(41)23-39-25-38-35(28-15-9-5-10-16-28)36(39)29-17-11-6-12-18-29/h4-21,25,30,41H,3,22-24H2,1-2H3/t30-/m1/s1. The Hall–Kier alpha value is -5.14. The third-order valence-electron chi connectivity index (χ3n) is 7.74. The number of esters is 1. The first kappa shape index (κ1) is 29.0. The van der Waals surface area contributed by atoms with Gasteiger partial charge in [0.2, 0.25) is 0 Å². The van der Waals surface area contributed by atoms with Crippen LogP contribution in [0.2, 0.25) is 0 Å². The van der Waals surface area contributed by atoms with Crippen LogP contribution in [0.5, 0.6) is 5.75 Å². The van der Waals surface area contributed by atoms with Crippen molar-refractivity contribution in [2.45, 2.75) is 33.0 Å². The summed E-state index contributed by atoms with van der Waals surface area (Å²) in [4.78, 5) is 17.8. The predicted octanol–water partition coefficient (Wildman–Crippen LogP) is 7.15. The van der Waals surface area contributed by atoms with Crippen molar-refractivity contribution in [2.75, 3.05) is 13.2 Å². The molecular weight excluding hydrogens is 550 g/mol. The molecule has 0 saturated heterocycles. The predicted molar refractivity (Wildman–Crippen MR) is 173 cm³/mol. The van der Waals surface area contributed by atoms with Crippen molar-refractivity contribution in [3.63, 3.8) is 0 Å². The molecule has 6 rings (SSSR count). The number of aliphatic hydroxyl groups is 1. The van der Waals surface area contributed by atoms with E-state index < -0.39 is 6.10 Å². The summed E-state index contributed by atoms with van der Waals surface area (Å²) in [5.74, 6) is 0.208. The quantitative estimate of drug-likeness (QED) is 0.164. The summed E-state index contributed by atoms with van der Waals surface area (Å²) in [5.41, 5.74) is 7.24. The number of ether oxygens (including phenoxy) is 2. The molecule has 222 valence electrons. The van der Waals surface area contributed by atoms with Crippen LogP contribution in [0.25, 0.3) is 33.4 Å². The summed E-state index contributed by atoms with van der Waals surface area (Å²) in [5, 5.41) is 11.9. The van der Waals surface area contributed by atoms with Gasteiger partial charge in [-0.25, -0.2) is 9.78 Å². The van der Waals surface area contributed by atoms with E-state index in [9.17, 15) is 9.90 Å². The fraction of sp³-hybridized carbons (Fsp3) is 0.189.